The lowest BCUT2D eigenvalue weighted by molar-refractivity contribution is -0.124. The van der Waals surface area contributed by atoms with Crippen LogP contribution in [0.5, 0.6) is 0 Å². The Balaban J connectivity index is 1.27. The summed E-state index contributed by atoms with van der Waals surface area (Å²) in [7, 11) is 0. The van der Waals surface area contributed by atoms with E-state index in [9.17, 15) is 14.4 Å². The van der Waals surface area contributed by atoms with Gasteiger partial charge in [0.25, 0.3) is 5.91 Å². The zero-order chi connectivity index (χ0) is 26.1. The molecule has 3 aliphatic rings. The first-order valence-corrected chi connectivity index (χ1v) is 13.6. The highest BCUT2D eigenvalue weighted by Gasteiger charge is 2.28. The molecule has 1 unspecified atom stereocenters. The Morgan fingerprint density at radius 1 is 1.08 bits per heavy atom. The number of anilines is 2. The van der Waals surface area contributed by atoms with E-state index in [4.69, 9.17) is 9.97 Å². The number of carbonyl (C=O) groups is 3. The second kappa shape index (κ2) is 10.6. The molecule has 1 atom stereocenters. The molecule has 1 aliphatic heterocycles. The number of hydrogen-bond donors (Lipinski definition) is 3. The van der Waals surface area contributed by atoms with Crippen LogP contribution < -0.4 is 16.0 Å². The number of nitrogens with one attached hydrogen (secondary N) is 3. The molecule has 1 saturated heterocycles. The zero-order valence-corrected chi connectivity index (χ0v) is 21.9. The maximum Gasteiger partial charge on any atom is 0.254 e. The van der Waals surface area contributed by atoms with Gasteiger partial charge in [0.1, 0.15) is 5.78 Å². The Labute approximate surface area is 217 Å². The van der Waals surface area contributed by atoms with Crippen LogP contribution >= 0.6 is 0 Å². The molecular weight excluding hydrogens is 470 g/mol. The molecule has 198 valence electrons. The molecule has 0 spiro atoms. The van der Waals surface area contributed by atoms with Gasteiger partial charge < -0.3 is 10.6 Å². The van der Waals surface area contributed by atoms with Gasteiger partial charge in [0.05, 0.1) is 12.6 Å². The number of imide groups is 1. The van der Waals surface area contributed by atoms with Gasteiger partial charge in [-0.1, -0.05) is 20.8 Å². The summed E-state index contributed by atoms with van der Waals surface area (Å²) in [6, 6.07) is 0.613. The number of ketones is 1. The van der Waals surface area contributed by atoms with E-state index in [0.29, 0.717) is 71.1 Å². The Kier molecular flexibility index (Phi) is 7.26. The number of aromatic nitrogens is 4. The number of amides is 2. The van der Waals surface area contributed by atoms with Crippen molar-refractivity contribution in [3.63, 3.8) is 0 Å². The Morgan fingerprint density at radius 3 is 2.43 bits per heavy atom. The minimum absolute atomic E-state index is 0.0572. The van der Waals surface area contributed by atoms with E-state index in [0.717, 1.165) is 38.5 Å². The number of rotatable bonds is 10. The third-order valence-corrected chi connectivity index (χ3v) is 7.92. The first-order valence-electron chi connectivity index (χ1n) is 13.6. The molecule has 3 N–H and O–H groups in total. The van der Waals surface area contributed by atoms with E-state index in [-0.39, 0.29) is 24.3 Å². The van der Waals surface area contributed by atoms with E-state index >= 15 is 0 Å². The lowest BCUT2D eigenvalue weighted by atomic mass is 9.81. The quantitative estimate of drug-likeness (QED) is 0.327. The van der Waals surface area contributed by atoms with Crippen molar-refractivity contribution in [1.82, 2.24) is 24.9 Å². The summed E-state index contributed by atoms with van der Waals surface area (Å²) in [6.07, 6.45) is 10.9. The van der Waals surface area contributed by atoms with Crippen LogP contribution in [0.15, 0.2) is 11.8 Å². The Morgan fingerprint density at radius 2 is 1.78 bits per heavy atom. The van der Waals surface area contributed by atoms with Crippen molar-refractivity contribution in [2.24, 2.45) is 17.8 Å². The van der Waals surface area contributed by atoms with Gasteiger partial charge in [-0.2, -0.15) is 19.6 Å². The van der Waals surface area contributed by atoms with Gasteiger partial charge in [-0.15, -0.1) is 0 Å². The van der Waals surface area contributed by atoms with Crippen LogP contribution in [0.3, 0.4) is 0 Å². The number of fused-ring (bicyclic) bond motifs is 1. The van der Waals surface area contributed by atoms with Gasteiger partial charge in [-0.25, -0.2) is 0 Å². The largest absolute Gasteiger partial charge is 0.351 e. The smallest absolute Gasteiger partial charge is 0.254 e. The normalized spacial score (nSPS) is 24.1. The molecule has 10 nitrogen and oxygen atoms in total. The zero-order valence-electron chi connectivity index (χ0n) is 21.9. The molecule has 3 heterocycles. The van der Waals surface area contributed by atoms with Crippen LogP contribution in [0.4, 0.5) is 11.9 Å². The van der Waals surface area contributed by atoms with Crippen LogP contribution in [-0.4, -0.2) is 49.3 Å². The summed E-state index contributed by atoms with van der Waals surface area (Å²) in [6.45, 7) is 6.52. The minimum Gasteiger partial charge on any atom is -0.351 e. The fourth-order valence-corrected chi connectivity index (χ4v) is 5.07. The van der Waals surface area contributed by atoms with Gasteiger partial charge in [0.15, 0.2) is 5.65 Å². The first kappa shape index (κ1) is 25.4. The van der Waals surface area contributed by atoms with Gasteiger partial charge in [0.2, 0.25) is 17.8 Å². The van der Waals surface area contributed by atoms with Crippen molar-refractivity contribution < 1.29 is 14.4 Å². The number of hydrogen-bond acceptors (Lipinski definition) is 8. The molecule has 0 radical (unpaired) electrons. The molecule has 2 aliphatic carbocycles. The summed E-state index contributed by atoms with van der Waals surface area (Å²) in [5.74, 6) is 2.28. The Hall–Kier alpha value is -3.30. The molecule has 2 aromatic heterocycles. The van der Waals surface area contributed by atoms with Crippen LogP contribution in [0.1, 0.15) is 84.1 Å². The predicted molar refractivity (Wildman–Crippen MR) is 141 cm³/mol. The van der Waals surface area contributed by atoms with Gasteiger partial charge in [-0.05, 0) is 62.4 Å². The van der Waals surface area contributed by atoms with Crippen molar-refractivity contribution in [2.45, 2.75) is 90.6 Å². The second-order valence-corrected chi connectivity index (χ2v) is 11.4. The minimum atomic E-state index is -0.373. The summed E-state index contributed by atoms with van der Waals surface area (Å²) in [5.41, 5.74) is 1.65. The molecule has 2 aromatic rings. The highest BCUT2D eigenvalue weighted by molar-refractivity contribution is 6.15. The van der Waals surface area contributed by atoms with E-state index in [1.165, 1.54) is 0 Å². The molecule has 2 amide bonds. The van der Waals surface area contributed by atoms with Crippen molar-refractivity contribution in [2.75, 3.05) is 10.6 Å². The van der Waals surface area contributed by atoms with Crippen LogP contribution in [0.2, 0.25) is 0 Å². The van der Waals surface area contributed by atoms with Crippen molar-refractivity contribution in [3.05, 3.63) is 17.3 Å². The second-order valence-electron chi connectivity index (χ2n) is 11.4. The molecule has 3 fully saturated rings. The van der Waals surface area contributed by atoms with Gasteiger partial charge in [0, 0.05) is 36.1 Å². The van der Waals surface area contributed by atoms with E-state index in [2.05, 4.69) is 41.8 Å². The number of Topliss-reactive ketones (excluding diaryl/α,β-unsaturated/α-hetero) is 1. The lowest BCUT2D eigenvalue weighted by Gasteiger charge is -2.29. The van der Waals surface area contributed by atoms with Gasteiger partial charge in [-0.3, -0.25) is 19.7 Å². The van der Waals surface area contributed by atoms with Crippen LogP contribution in [0, 0.1) is 17.8 Å². The SMILES string of the molecule is CC(C)C(C)CC(=O)CC1CCC(Nc2nc(NC3CC3)n3ncc(/C=C4\CC(=O)NC4=O)c3n2)CC1. The fourth-order valence-electron chi connectivity index (χ4n) is 5.07. The average molecular weight is 508 g/mol. The summed E-state index contributed by atoms with van der Waals surface area (Å²) in [4.78, 5) is 45.7. The fraction of sp³-hybridized carbons (Fsp3) is 0.630. The van der Waals surface area contributed by atoms with Crippen molar-refractivity contribution in [1.29, 1.82) is 0 Å². The van der Waals surface area contributed by atoms with E-state index < -0.39 is 0 Å². The van der Waals surface area contributed by atoms with Crippen molar-refractivity contribution >= 4 is 41.2 Å². The molecule has 0 aromatic carbocycles. The maximum atomic E-state index is 12.5. The summed E-state index contributed by atoms with van der Waals surface area (Å²) < 4.78 is 1.66. The van der Waals surface area contributed by atoms with E-state index in [1.54, 1.807) is 16.8 Å². The standard InChI is InChI=1S/C27H37N7O3/c1-15(2)16(3)10-22(35)11-17-4-6-20(7-5-17)29-26-32-24-19(12-18-13-23(36)31-25(18)37)14-28-34(24)27(33-26)30-21-8-9-21/h12,14-17,20-21H,4-11,13H2,1-3H3,(H,31,36,37)(H2,29,30,32,33)/b18-12+. The monoisotopic (exact) mass is 507 g/mol. The number of nitrogens with zero attached hydrogens (tertiary/aromatic N) is 4. The van der Waals surface area contributed by atoms with E-state index in [1.807, 2.05) is 0 Å². The summed E-state index contributed by atoms with van der Waals surface area (Å²) in [5, 5.41) is 13.7. The molecule has 0 bridgehead atoms. The highest BCUT2D eigenvalue weighted by atomic mass is 16.2. The topological polar surface area (TPSA) is 130 Å². The predicted octanol–water partition coefficient (Wildman–Crippen LogP) is 3.74. The van der Waals surface area contributed by atoms with Crippen LogP contribution in [0.25, 0.3) is 11.7 Å². The maximum absolute atomic E-state index is 12.5. The summed E-state index contributed by atoms with van der Waals surface area (Å²) >= 11 is 0. The Bertz CT molecular complexity index is 1220. The average Bonchev–Trinajstić information content (AvgIpc) is 3.48. The first-order chi connectivity index (χ1) is 17.7. The third-order valence-electron chi connectivity index (χ3n) is 7.92. The van der Waals surface area contributed by atoms with Crippen molar-refractivity contribution in [3.8, 4) is 0 Å². The number of carbonyl (C=O) groups excluding carboxylic acids is 3. The lowest BCUT2D eigenvalue weighted by Crippen LogP contribution is -2.28. The highest BCUT2D eigenvalue weighted by Crippen LogP contribution is 2.31. The molecule has 37 heavy (non-hydrogen) atoms. The van der Waals surface area contributed by atoms with Gasteiger partial charge >= 0.3 is 0 Å². The molecular formula is C27H37N7O3. The van der Waals surface area contributed by atoms with Crippen LogP contribution in [-0.2, 0) is 14.4 Å². The molecule has 2 saturated carbocycles. The molecule has 5 rings (SSSR count). The third kappa shape index (κ3) is 6.17. The molecule has 10 heteroatoms.